The van der Waals surface area contributed by atoms with E-state index in [0.717, 1.165) is 10.5 Å². The van der Waals surface area contributed by atoms with E-state index in [4.69, 9.17) is 9.47 Å². The van der Waals surface area contributed by atoms with Gasteiger partial charge in [-0.1, -0.05) is 24.3 Å². The van der Waals surface area contributed by atoms with E-state index in [1.165, 1.54) is 0 Å². The van der Waals surface area contributed by atoms with Crippen molar-refractivity contribution in [2.45, 2.75) is 11.0 Å². The standard InChI is InChI=1S/C16H18O3S/c1-18-15-9-8-12(10-16(15)19-2)14(17)11-20-13-6-4-3-5-7-13/h3-10,14,17H,11H2,1-2H3. The summed E-state index contributed by atoms with van der Waals surface area (Å²) in [4.78, 5) is 1.15. The molecule has 2 rings (SSSR count). The third-order valence-electron chi connectivity index (χ3n) is 2.94. The van der Waals surface area contributed by atoms with Crippen molar-refractivity contribution >= 4 is 11.8 Å². The summed E-state index contributed by atoms with van der Waals surface area (Å²) in [5.74, 6) is 1.90. The van der Waals surface area contributed by atoms with Gasteiger partial charge in [0, 0.05) is 10.6 Å². The van der Waals surface area contributed by atoms with Crippen LogP contribution in [0, 0.1) is 0 Å². The van der Waals surface area contributed by atoms with Gasteiger partial charge in [0.15, 0.2) is 11.5 Å². The Morgan fingerprint density at radius 1 is 1.00 bits per heavy atom. The van der Waals surface area contributed by atoms with E-state index in [1.54, 1.807) is 26.0 Å². The van der Waals surface area contributed by atoms with E-state index in [-0.39, 0.29) is 0 Å². The molecule has 0 aliphatic carbocycles. The van der Waals surface area contributed by atoms with E-state index in [0.29, 0.717) is 17.3 Å². The molecule has 106 valence electrons. The van der Waals surface area contributed by atoms with Crippen molar-refractivity contribution in [3.63, 3.8) is 0 Å². The van der Waals surface area contributed by atoms with Crippen LogP contribution in [0.15, 0.2) is 53.4 Å². The molecule has 0 bridgehead atoms. The first-order chi connectivity index (χ1) is 9.74. The molecule has 0 saturated carbocycles. The van der Waals surface area contributed by atoms with Crippen LogP contribution in [-0.2, 0) is 0 Å². The van der Waals surface area contributed by atoms with Crippen LogP contribution < -0.4 is 9.47 Å². The molecule has 2 aromatic carbocycles. The molecule has 0 aliphatic heterocycles. The van der Waals surface area contributed by atoms with Gasteiger partial charge in [-0.05, 0) is 29.8 Å². The van der Waals surface area contributed by atoms with Crippen LogP contribution >= 0.6 is 11.8 Å². The van der Waals surface area contributed by atoms with Crippen LogP contribution in [0.25, 0.3) is 0 Å². The largest absolute Gasteiger partial charge is 0.493 e. The van der Waals surface area contributed by atoms with Crippen molar-refractivity contribution in [3.8, 4) is 11.5 Å². The second-order valence-corrected chi connectivity index (χ2v) is 5.35. The maximum Gasteiger partial charge on any atom is 0.161 e. The van der Waals surface area contributed by atoms with Crippen LogP contribution in [0.3, 0.4) is 0 Å². The molecule has 3 nitrogen and oxygen atoms in total. The Labute approximate surface area is 123 Å². The van der Waals surface area contributed by atoms with Gasteiger partial charge < -0.3 is 14.6 Å². The maximum absolute atomic E-state index is 10.2. The molecular weight excluding hydrogens is 272 g/mol. The fraction of sp³-hybridized carbons (Fsp3) is 0.250. The van der Waals surface area contributed by atoms with Crippen LogP contribution in [0.4, 0.5) is 0 Å². The number of ether oxygens (including phenoxy) is 2. The summed E-state index contributed by atoms with van der Waals surface area (Å²) in [6, 6.07) is 15.5. The van der Waals surface area contributed by atoms with E-state index >= 15 is 0 Å². The third-order valence-corrected chi connectivity index (χ3v) is 4.03. The minimum Gasteiger partial charge on any atom is -0.493 e. The molecule has 0 aliphatic rings. The zero-order valence-corrected chi connectivity index (χ0v) is 12.4. The molecule has 0 saturated heterocycles. The maximum atomic E-state index is 10.2. The van der Waals surface area contributed by atoms with Gasteiger partial charge in [-0.15, -0.1) is 11.8 Å². The molecule has 1 N–H and O–H groups in total. The molecule has 0 fully saturated rings. The first kappa shape index (κ1) is 14.8. The van der Waals surface area contributed by atoms with Gasteiger partial charge >= 0.3 is 0 Å². The summed E-state index contributed by atoms with van der Waals surface area (Å²) in [6.45, 7) is 0. The molecule has 20 heavy (non-hydrogen) atoms. The summed E-state index contributed by atoms with van der Waals surface area (Å²) in [7, 11) is 3.19. The average molecular weight is 290 g/mol. The molecule has 2 aromatic rings. The Morgan fingerprint density at radius 3 is 2.35 bits per heavy atom. The van der Waals surface area contributed by atoms with Gasteiger partial charge in [0.2, 0.25) is 0 Å². The molecule has 0 heterocycles. The lowest BCUT2D eigenvalue weighted by Gasteiger charge is -2.14. The SMILES string of the molecule is COc1ccc(C(O)CSc2ccccc2)cc1OC. The minimum atomic E-state index is -0.542. The number of rotatable bonds is 6. The zero-order chi connectivity index (χ0) is 14.4. The fourth-order valence-electron chi connectivity index (χ4n) is 1.85. The first-order valence-corrected chi connectivity index (χ1v) is 7.31. The number of aliphatic hydroxyl groups is 1. The molecule has 1 unspecified atom stereocenters. The lowest BCUT2D eigenvalue weighted by atomic mass is 10.1. The molecule has 4 heteroatoms. The summed E-state index contributed by atoms with van der Waals surface area (Å²) in [6.07, 6.45) is -0.542. The van der Waals surface area contributed by atoms with Crippen molar-refractivity contribution in [2.24, 2.45) is 0 Å². The fourth-order valence-corrected chi connectivity index (χ4v) is 2.74. The normalized spacial score (nSPS) is 11.9. The Morgan fingerprint density at radius 2 is 1.70 bits per heavy atom. The van der Waals surface area contributed by atoms with Gasteiger partial charge in [-0.2, -0.15) is 0 Å². The number of thioether (sulfide) groups is 1. The smallest absolute Gasteiger partial charge is 0.161 e. The van der Waals surface area contributed by atoms with Crippen LogP contribution in [0.2, 0.25) is 0 Å². The van der Waals surface area contributed by atoms with Crippen molar-refractivity contribution in [2.75, 3.05) is 20.0 Å². The lowest BCUT2D eigenvalue weighted by molar-refractivity contribution is 0.203. The minimum absolute atomic E-state index is 0.542. The van der Waals surface area contributed by atoms with Gasteiger partial charge in [0.1, 0.15) is 0 Å². The Hall–Kier alpha value is -1.65. The number of hydrogen-bond acceptors (Lipinski definition) is 4. The number of hydrogen-bond donors (Lipinski definition) is 1. The van der Waals surface area contributed by atoms with Gasteiger partial charge in [0.05, 0.1) is 20.3 Å². The van der Waals surface area contributed by atoms with Gasteiger partial charge in [-0.3, -0.25) is 0 Å². The van der Waals surface area contributed by atoms with E-state index < -0.39 is 6.10 Å². The highest BCUT2D eigenvalue weighted by molar-refractivity contribution is 7.99. The van der Waals surface area contributed by atoms with Crippen molar-refractivity contribution in [1.82, 2.24) is 0 Å². The van der Waals surface area contributed by atoms with Crippen LogP contribution in [0.5, 0.6) is 11.5 Å². The predicted molar refractivity (Wildman–Crippen MR) is 81.7 cm³/mol. The summed E-state index contributed by atoms with van der Waals surface area (Å²) in [5, 5.41) is 10.2. The molecule has 0 spiro atoms. The molecule has 0 amide bonds. The van der Waals surface area contributed by atoms with E-state index in [2.05, 4.69) is 0 Å². The molecule has 1 atom stereocenters. The van der Waals surface area contributed by atoms with Crippen LogP contribution in [-0.4, -0.2) is 25.1 Å². The highest BCUT2D eigenvalue weighted by atomic mass is 32.2. The Balaban J connectivity index is 2.03. The predicted octanol–water partition coefficient (Wildman–Crippen LogP) is 3.53. The number of aliphatic hydroxyl groups excluding tert-OH is 1. The van der Waals surface area contributed by atoms with Crippen molar-refractivity contribution < 1.29 is 14.6 Å². The van der Waals surface area contributed by atoms with Gasteiger partial charge in [0.25, 0.3) is 0 Å². The summed E-state index contributed by atoms with van der Waals surface area (Å²) >= 11 is 1.62. The van der Waals surface area contributed by atoms with Crippen molar-refractivity contribution in [1.29, 1.82) is 0 Å². The topological polar surface area (TPSA) is 38.7 Å². The highest BCUT2D eigenvalue weighted by Gasteiger charge is 2.12. The monoisotopic (exact) mass is 290 g/mol. The quantitative estimate of drug-likeness (QED) is 0.826. The highest BCUT2D eigenvalue weighted by Crippen LogP contribution is 2.32. The second-order valence-electron chi connectivity index (χ2n) is 4.25. The molecule has 0 aromatic heterocycles. The molecular formula is C16H18O3S. The summed E-state index contributed by atoms with van der Waals surface area (Å²) in [5.41, 5.74) is 0.825. The first-order valence-electron chi connectivity index (χ1n) is 6.32. The van der Waals surface area contributed by atoms with E-state index in [9.17, 15) is 5.11 Å². The second kappa shape index (κ2) is 7.22. The third kappa shape index (κ3) is 3.68. The van der Waals surface area contributed by atoms with Crippen LogP contribution in [0.1, 0.15) is 11.7 Å². The average Bonchev–Trinajstić information content (AvgIpc) is 2.52. The lowest BCUT2D eigenvalue weighted by Crippen LogP contribution is -2.01. The van der Waals surface area contributed by atoms with Crippen molar-refractivity contribution in [3.05, 3.63) is 54.1 Å². The zero-order valence-electron chi connectivity index (χ0n) is 11.6. The molecule has 0 radical (unpaired) electrons. The number of benzene rings is 2. The van der Waals surface area contributed by atoms with E-state index in [1.807, 2.05) is 48.5 Å². The summed E-state index contributed by atoms with van der Waals surface area (Å²) < 4.78 is 10.4. The number of methoxy groups -OCH3 is 2. The Kier molecular flexibility index (Phi) is 5.32. The Bertz CT molecular complexity index is 543. The van der Waals surface area contributed by atoms with Gasteiger partial charge in [-0.25, -0.2) is 0 Å².